The zero-order valence-corrected chi connectivity index (χ0v) is 15.3. The Hall–Kier alpha value is -1.44. The first kappa shape index (κ1) is 17.9. The van der Waals surface area contributed by atoms with Crippen molar-refractivity contribution in [2.75, 3.05) is 26.2 Å². The Bertz CT molecular complexity index is 721. The Labute approximate surface area is 145 Å². The average Bonchev–Trinajstić information content (AvgIpc) is 2.55. The third-order valence-electron chi connectivity index (χ3n) is 3.53. The second-order valence-corrected chi connectivity index (χ2v) is 7.93. The first-order valence-electron chi connectivity index (χ1n) is 7.29. The van der Waals surface area contributed by atoms with E-state index >= 15 is 0 Å². The quantitative estimate of drug-likeness (QED) is 0.577. The summed E-state index contributed by atoms with van der Waals surface area (Å²) in [5.41, 5.74) is 0. The van der Waals surface area contributed by atoms with Crippen LogP contribution in [0.5, 0.6) is 0 Å². The molecule has 1 saturated heterocycles. The molecule has 2 rings (SSSR count). The highest BCUT2D eigenvalue weighted by Crippen LogP contribution is 2.21. The number of rotatable bonds is 4. The number of benzene rings is 1. The molecule has 0 saturated carbocycles. The lowest BCUT2D eigenvalue weighted by atomic mass is 10.3. The minimum absolute atomic E-state index is 0.0948. The van der Waals surface area contributed by atoms with Gasteiger partial charge in [0.2, 0.25) is 15.9 Å². The van der Waals surface area contributed by atoms with Gasteiger partial charge < -0.3 is 4.90 Å². The highest BCUT2D eigenvalue weighted by molar-refractivity contribution is 9.10. The second-order valence-electron chi connectivity index (χ2n) is 5.07. The minimum Gasteiger partial charge on any atom is -0.337 e. The van der Waals surface area contributed by atoms with Crippen LogP contribution in [0.3, 0.4) is 0 Å². The smallest absolute Gasteiger partial charge is 0.246 e. The van der Waals surface area contributed by atoms with Crippen LogP contribution < -0.4 is 0 Å². The molecule has 0 radical (unpaired) electrons. The van der Waals surface area contributed by atoms with Gasteiger partial charge in [0.1, 0.15) is 0 Å². The number of carbonyl (C=O) groups is 1. The molecule has 5 nitrogen and oxygen atoms in total. The lowest BCUT2D eigenvalue weighted by Gasteiger charge is -2.33. The molecule has 1 heterocycles. The van der Waals surface area contributed by atoms with E-state index in [-0.39, 0.29) is 10.8 Å². The van der Waals surface area contributed by atoms with Crippen molar-refractivity contribution in [1.82, 2.24) is 9.21 Å². The highest BCUT2D eigenvalue weighted by atomic mass is 79.9. The molecule has 7 heteroatoms. The normalized spacial score (nSPS) is 17.2. The fourth-order valence-corrected chi connectivity index (χ4v) is 4.30. The Balaban J connectivity index is 2.02. The van der Waals surface area contributed by atoms with Gasteiger partial charge in [-0.3, -0.25) is 4.79 Å². The average molecular weight is 399 g/mol. The van der Waals surface area contributed by atoms with Crippen LogP contribution in [-0.4, -0.2) is 49.7 Å². The molecule has 0 atom stereocenters. The zero-order valence-electron chi connectivity index (χ0n) is 12.9. The van der Waals surface area contributed by atoms with Crippen LogP contribution in [0.1, 0.15) is 6.92 Å². The number of nitrogens with zero attached hydrogens (tertiary/aromatic N) is 2. The van der Waals surface area contributed by atoms with Crippen molar-refractivity contribution >= 4 is 31.9 Å². The summed E-state index contributed by atoms with van der Waals surface area (Å²) in [6, 6.07) is 6.65. The summed E-state index contributed by atoms with van der Waals surface area (Å²) in [7, 11) is -3.52. The molecular weight excluding hydrogens is 380 g/mol. The van der Waals surface area contributed by atoms with E-state index in [1.54, 1.807) is 41.3 Å². The summed E-state index contributed by atoms with van der Waals surface area (Å²) in [4.78, 5) is 13.9. The van der Waals surface area contributed by atoms with Gasteiger partial charge in [0.05, 0.1) is 4.90 Å². The van der Waals surface area contributed by atoms with Gasteiger partial charge in [0, 0.05) is 36.7 Å². The number of hydrogen-bond acceptors (Lipinski definition) is 3. The molecule has 1 aromatic carbocycles. The van der Waals surface area contributed by atoms with Gasteiger partial charge in [0.25, 0.3) is 0 Å². The Kier molecular flexibility index (Phi) is 6.15. The summed E-state index contributed by atoms with van der Waals surface area (Å²) in [5, 5.41) is 0. The van der Waals surface area contributed by atoms with Crippen molar-refractivity contribution in [3.8, 4) is 0 Å². The van der Waals surface area contributed by atoms with E-state index in [4.69, 9.17) is 0 Å². The molecule has 0 N–H and O–H groups in total. The van der Waals surface area contributed by atoms with Gasteiger partial charge in [0.15, 0.2) is 0 Å². The summed E-state index contributed by atoms with van der Waals surface area (Å²) in [5.74, 6) is -0.0948. The van der Waals surface area contributed by atoms with Gasteiger partial charge >= 0.3 is 0 Å². The molecule has 0 bridgehead atoms. The predicted octanol–water partition coefficient (Wildman–Crippen LogP) is 2.41. The standard InChI is InChI=1S/C16H19BrN2O3S/c1-2-3-4-8-16(20)18-9-11-19(12-10-18)23(21,22)15-7-5-6-14(17)13-15/h2-8,13H,9-12H2,1H3/b3-2+,8-4+. The number of piperazine rings is 1. The third kappa shape index (κ3) is 4.53. The van der Waals surface area contributed by atoms with E-state index in [1.165, 1.54) is 10.4 Å². The maximum absolute atomic E-state index is 12.6. The second kappa shape index (κ2) is 7.90. The fourth-order valence-electron chi connectivity index (χ4n) is 2.28. The molecule has 0 spiro atoms. The number of carbonyl (C=O) groups excluding carboxylic acids is 1. The monoisotopic (exact) mass is 398 g/mol. The van der Waals surface area contributed by atoms with Crippen LogP contribution in [0.2, 0.25) is 0 Å². The summed E-state index contributed by atoms with van der Waals surface area (Å²) in [6.45, 7) is 3.27. The van der Waals surface area contributed by atoms with Gasteiger partial charge in [-0.2, -0.15) is 4.31 Å². The number of amides is 1. The van der Waals surface area contributed by atoms with Crippen molar-refractivity contribution in [3.63, 3.8) is 0 Å². The Morgan fingerprint density at radius 1 is 1.17 bits per heavy atom. The van der Waals surface area contributed by atoms with E-state index in [0.717, 1.165) is 4.47 Å². The van der Waals surface area contributed by atoms with E-state index < -0.39 is 10.0 Å². The number of halogens is 1. The molecule has 1 aromatic rings. The summed E-state index contributed by atoms with van der Waals surface area (Å²) >= 11 is 3.29. The molecule has 0 aromatic heterocycles. The molecule has 124 valence electrons. The lowest BCUT2D eigenvalue weighted by molar-refractivity contribution is -0.127. The molecule has 1 fully saturated rings. The van der Waals surface area contributed by atoms with Crippen molar-refractivity contribution in [3.05, 3.63) is 53.0 Å². The largest absolute Gasteiger partial charge is 0.337 e. The van der Waals surface area contributed by atoms with Gasteiger partial charge in [-0.15, -0.1) is 0 Å². The predicted molar refractivity (Wildman–Crippen MR) is 93.4 cm³/mol. The van der Waals surface area contributed by atoms with Crippen LogP contribution in [0, 0.1) is 0 Å². The number of allylic oxidation sites excluding steroid dienone is 3. The third-order valence-corrected chi connectivity index (χ3v) is 5.91. The molecule has 1 aliphatic heterocycles. The first-order chi connectivity index (χ1) is 10.9. The van der Waals surface area contributed by atoms with E-state index in [1.807, 2.05) is 13.0 Å². The van der Waals surface area contributed by atoms with Crippen LogP contribution in [-0.2, 0) is 14.8 Å². The fraction of sp³-hybridized carbons (Fsp3) is 0.312. The topological polar surface area (TPSA) is 57.7 Å². The SMILES string of the molecule is C/C=C/C=C/C(=O)N1CCN(S(=O)(=O)c2cccc(Br)c2)CC1. The van der Waals surface area contributed by atoms with Crippen LogP contribution in [0.25, 0.3) is 0 Å². The summed E-state index contributed by atoms with van der Waals surface area (Å²) in [6.07, 6.45) is 6.81. The number of sulfonamides is 1. The summed E-state index contributed by atoms with van der Waals surface area (Å²) < 4.78 is 27.4. The van der Waals surface area contributed by atoms with Crippen molar-refractivity contribution < 1.29 is 13.2 Å². The highest BCUT2D eigenvalue weighted by Gasteiger charge is 2.29. The molecule has 23 heavy (non-hydrogen) atoms. The van der Waals surface area contributed by atoms with Gasteiger partial charge in [-0.25, -0.2) is 8.42 Å². The molecule has 0 aliphatic carbocycles. The van der Waals surface area contributed by atoms with Crippen molar-refractivity contribution in [2.24, 2.45) is 0 Å². The Morgan fingerprint density at radius 3 is 2.48 bits per heavy atom. The van der Waals surface area contributed by atoms with Gasteiger partial charge in [-0.1, -0.05) is 40.2 Å². The van der Waals surface area contributed by atoms with E-state index in [2.05, 4.69) is 15.9 Å². The first-order valence-corrected chi connectivity index (χ1v) is 9.52. The zero-order chi connectivity index (χ0) is 16.9. The minimum atomic E-state index is -3.52. The Morgan fingerprint density at radius 2 is 1.87 bits per heavy atom. The maximum atomic E-state index is 12.6. The van der Waals surface area contributed by atoms with Crippen LogP contribution >= 0.6 is 15.9 Å². The molecule has 1 aliphatic rings. The van der Waals surface area contributed by atoms with Crippen LogP contribution in [0.4, 0.5) is 0 Å². The molecular formula is C16H19BrN2O3S. The van der Waals surface area contributed by atoms with E-state index in [9.17, 15) is 13.2 Å². The van der Waals surface area contributed by atoms with E-state index in [0.29, 0.717) is 26.2 Å². The number of hydrogen-bond donors (Lipinski definition) is 0. The van der Waals surface area contributed by atoms with Crippen molar-refractivity contribution in [2.45, 2.75) is 11.8 Å². The molecule has 1 amide bonds. The van der Waals surface area contributed by atoms with Crippen LogP contribution in [0.15, 0.2) is 57.9 Å². The van der Waals surface area contributed by atoms with Gasteiger partial charge in [-0.05, 0) is 25.1 Å². The van der Waals surface area contributed by atoms with Crippen molar-refractivity contribution in [1.29, 1.82) is 0 Å². The lowest BCUT2D eigenvalue weighted by Crippen LogP contribution is -2.50. The molecule has 0 unspecified atom stereocenters. The maximum Gasteiger partial charge on any atom is 0.246 e.